The van der Waals surface area contributed by atoms with Gasteiger partial charge in [-0.1, -0.05) is 60.7 Å². The molecular weight excluding hydrogens is 380 g/mol. The van der Waals surface area contributed by atoms with Gasteiger partial charge in [-0.25, -0.2) is 4.18 Å². The van der Waals surface area contributed by atoms with Gasteiger partial charge in [0, 0.05) is 6.07 Å². The fourth-order valence-electron chi connectivity index (χ4n) is 2.50. The third kappa shape index (κ3) is 6.70. The summed E-state index contributed by atoms with van der Waals surface area (Å²) < 4.78 is 46.6. The van der Waals surface area contributed by atoms with Gasteiger partial charge in [0.1, 0.15) is 24.7 Å². The predicted molar refractivity (Wildman–Crippen MR) is 104 cm³/mol. The molecule has 28 heavy (non-hydrogen) atoms. The van der Waals surface area contributed by atoms with Crippen LogP contribution >= 0.6 is 0 Å². The van der Waals surface area contributed by atoms with Gasteiger partial charge in [-0.3, -0.25) is 4.55 Å². The van der Waals surface area contributed by atoms with Gasteiger partial charge in [0.15, 0.2) is 0 Å². The monoisotopic (exact) mass is 400 g/mol. The Kier molecular flexibility index (Phi) is 6.65. The Bertz CT molecular complexity index is 926. The van der Waals surface area contributed by atoms with Crippen molar-refractivity contribution in [2.45, 2.75) is 19.8 Å². The van der Waals surface area contributed by atoms with E-state index >= 15 is 0 Å². The summed E-state index contributed by atoms with van der Waals surface area (Å²) in [6, 6.07) is 24.3. The van der Waals surface area contributed by atoms with Crippen LogP contribution in [0.1, 0.15) is 16.7 Å². The Morgan fingerprint density at radius 2 is 1.11 bits per heavy atom. The zero-order valence-electron chi connectivity index (χ0n) is 15.0. The third-order valence-electron chi connectivity index (χ3n) is 3.81. The molecule has 0 radical (unpaired) electrons. The molecule has 3 rings (SSSR count). The molecule has 0 saturated heterocycles. The Morgan fingerprint density at radius 3 is 1.54 bits per heavy atom. The third-order valence-corrected chi connectivity index (χ3v) is 4.23. The second-order valence-electron chi connectivity index (χ2n) is 6.05. The quantitative estimate of drug-likeness (QED) is 0.543. The minimum atomic E-state index is -4.54. The normalized spacial score (nSPS) is 11.2. The topological polar surface area (TPSA) is 82.1 Å². The lowest BCUT2D eigenvalue weighted by molar-refractivity contribution is 0.255. The largest absolute Gasteiger partial charge is 0.489 e. The average molecular weight is 400 g/mol. The summed E-state index contributed by atoms with van der Waals surface area (Å²) in [5.41, 5.74) is 2.48. The number of hydrogen-bond acceptors (Lipinski definition) is 5. The van der Waals surface area contributed by atoms with Crippen LogP contribution in [0.4, 0.5) is 0 Å². The molecular formula is C21H20O6S. The number of ether oxygens (including phenoxy) is 2. The minimum Gasteiger partial charge on any atom is -0.489 e. The van der Waals surface area contributed by atoms with E-state index in [9.17, 15) is 8.42 Å². The highest BCUT2D eigenvalue weighted by atomic mass is 32.3. The van der Waals surface area contributed by atoms with Gasteiger partial charge in [0.2, 0.25) is 0 Å². The van der Waals surface area contributed by atoms with Gasteiger partial charge in [-0.05, 0) is 28.8 Å². The average Bonchev–Trinajstić information content (AvgIpc) is 2.70. The van der Waals surface area contributed by atoms with E-state index in [2.05, 4.69) is 4.18 Å². The number of benzene rings is 3. The lowest BCUT2D eigenvalue weighted by Gasteiger charge is -2.12. The molecule has 0 spiro atoms. The highest BCUT2D eigenvalue weighted by molar-refractivity contribution is 7.80. The second kappa shape index (κ2) is 9.36. The summed E-state index contributed by atoms with van der Waals surface area (Å²) in [6.07, 6.45) is 0. The lowest BCUT2D eigenvalue weighted by atomic mass is 10.2. The molecule has 0 bridgehead atoms. The van der Waals surface area contributed by atoms with Crippen molar-refractivity contribution in [2.24, 2.45) is 0 Å². The van der Waals surface area contributed by atoms with Crippen molar-refractivity contribution in [3.63, 3.8) is 0 Å². The maximum Gasteiger partial charge on any atom is 0.397 e. The first-order valence-corrected chi connectivity index (χ1v) is 9.94. The molecule has 0 unspecified atom stereocenters. The van der Waals surface area contributed by atoms with Crippen molar-refractivity contribution in [3.05, 3.63) is 95.6 Å². The van der Waals surface area contributed by atoms with Crippen molar-refractivity contribution in [1.29, 1.82) is 0 Å². The number of rotatable bonds is 9. The van der Waals surface area contributed by atoms with Crippen LogP contribution in [0.25, 0.3) is 0 Å². The smallest absolute Gasteiger partial charge is 0.397 e. The van der Waals surface area contributed by atoms with E-state index in [4.69, 9.17) is 14.0 Å². The Hall–Kier alpha value is -2.87. The summed E-state index contributed by atoms with van der Waals surface area (Å²) in [4.78, 5) is 0. The van der Waals surface area contributed by atoms with Gasteiger partial charge >= 0.3 is 10.4 Å². The molecule has 0 fully saturated rings. The molecule has 7 heteroatoms. The minimum absolute atomic E-state index is 0.330. The van der Waals surface area contributed by atoms with Crippen LogP contribution in [-0.4, -0.2) is 13.0 Å². The molecule has 0 saturated carbocycles. The van der Waals surface area contributed by atoms with Crippen LogP contribution in [-0.2, 0) is 34.4 Å². The molecule has 6 nitrogen and oxygen atoms in total. The van der Waals surface area contributed by atoms with Crippen LogP contribution in [0.5, 0.6) is 11.5 Å². The van der Waals surface area contributed by atoms with Gasteiger partial charge in [-0.15, -0.1) is 0 Å². The van der Waals surface area contributed by atoms with Gasteiger partial charge in [0.05, 0.1) is 6.61 Å². The molecule has 0 aliphatic heterocycles. The lowest BCUT2D eigenvalue weighted by Crippen LogP contribution is -2.04. The van der Waals surface area contributed by atoms with Crippen molar-refractivity contribution in [2.75, 3.05) is 0 Å². The summed E-state index contributed by atoms with van der Waals surface area (Å²) in [5, 5.41) is 0. The fourth-order valence-corrected chi connectivity index (χ4v) is 2.79. The summed E-state index contributed by atoms with van der Waals surface area (Å²) in [7, 11) is -4.54. The van der Waals surface area contributed by atoms with Crippen LogP contribution in [0, 0.1) is 0 Å². The van der Waals surface area contributed by atoms with Crippen LogP contribution in [0.3, 0.4) is 0 Å². The molecule has 0 aromatic heterocycles. The van der Waals surface area contributed by atoms with E-state index in [-0.39, 0.29) is 6.61 Å². The molecule has 0 heterocycles. The summed E-state index contributed by atoms with van der Waals surface area (Å²) in [5.74, 6) is 1.01. The zero-order valence-corrected chi connectivity index (χ0v) is 15.8. The molecule has 0 amide bonds. The van der Waals surface area contributed by atoms with E-state index in [1.165, 1.54) is 0 Å². The Morgan fingerprint density at radius 1 is 0.643 bits per heavy atom. The first-order valence-electron chi connectivity index (χ1n) is 8.57. The van der Waals surface area contributed by atoms with Crippen LogP contribution in [0.15, 0.2) is 78.9 Å². The first kappa shape index (κ1) is 19.9. The van der Waals surface area contributed by atoms with Gasteiger partial charge in [-0.2, -0.15) is 8.42 Å². The second-order valence-corrected chi connectivity index (χ2v) is 7.14. The Balaban J connectivity index is 1.74. The highest BCUT2D eigenvalue weighted by Gasteiger charge is 2.09. The molecule has 3 aromatic carbocycles. The van der Waals surface area contributed by atoms with Crippen LogP contribution < -0.4 is 9.47 Å². The van der Waals surface area contributed by atoms with Gasteiger partial charge < -0.3 is 9.47 Å². The van der Waals surface area contributed by atoms with Crippen molar-refractivity contribution >= 4 is 10.4 Å². The van der Waals surface area contributed by atoms with E-state index in [1.807, 2.05) is 60.7 Å². The van der Waals surface area contributed by atoms with Crippen LogP contribution in [0.2, 0.25) is 0 Å². The van der Waals surface area contributed by atoms with E-state index < -0.39 is 10.4 Å². The SMILES string of the molecule is O=S(=O)(O)OCc1cc(OCc2ccccc2)cc(OCc2ccccc2)c1. The number of hydrogen-bond donors (Lipinski definition) is 1. The summed E-state index contributed by atoms with van der Waals surface area (Å²) in [6.45, 7) is 0.367. The summed E-state index contributed by atoms with van der Waals surface area (Å²) >= 11 is 0. The maximum atomic E-state index is 10.9. The molecule has 146 valence electrons. The van der Waals surface area contributed by atoms with E-state index in [0.29, 0.717) is 30.3 Å². The molecule has 1 N–H and O–H groups in total. The predicted octanol–water partition coefficient (Wildman–Crippen LogP) is 4.16. The zero-order chi connectivity index (χ0) is 19.8. The first-order chi connectivity index (χ1) is 13.5. The van der Waals surface area contributed by atoms with Crippen molar-refractivity contribution < 1.29 is 26.6 Å². The highest BCUT2D eigenvalue weighted by Crippen LogP contribution is 2.25. The van der Waals surface area contributed by atoms with Gasteiger partial charge in [0.25, 0.3) is 0 Å². The molecule has 0 atom stereocenters. The van der Waals surface area contributed by atoms with E-state index in [1.54, 1.807) is 18.2 Å². The maximum absolute atomic E-state index is 10.9. The molecule has 0 aliphatic carbocycles. The molecule has 0 aliphatic rings. The molecule has 3 aromatic rings. The van der Waals surface area contributed by atoms with Crippen molar-refractivity contribution in [3.8, 4) is 11.5 Å². The van der Waals surface area contributed by atoms with E-state index in [0.717, 1.165) is 11.1 Å². The fraction of sp³-hybridized carbons (Fsp3) is 0.143. The Labute approximate surface area is 164 Å². The standard InChI is InChI=1S/C21H20O6S/c22-28(23,24)27-16-19-11-20(25-14-17-7-3-1-4-8-17)13-21(12-19)26-15-18-9-5-2-6-10-18/h1-13H,14-16H2,(H,22,23,24). The van der Waals surface area contributed by atoms with Crippen molar-refractivity contribution in [1.82, 2.24) is 0 Å².